The second kappa shape index (κ2) is 7.30. The summed E-state index contributed by atoms with van der Waals surface area (Å²) in [4.78, 5) is 11.3. The standard InChI is InChI=1S/C12H14Cl2N2O/c1-2-3-7-12(17)16-15-8-9-10(13)5-4-6-11(9)14/h4-6,8H,2-3,7H2,1H3,(H,16,17)/b15-8-. The molecule has 3 nitrogen and oxygen atoms in total. The maximum absolute atomic E-state index is 11.3. The van der Waals surface area contributed by atoms with Crippen molar-refractivity contribution < 1.29 is 4.79 Å². The van der Waals surface area contributed by atoms with E-state index in [4.69, 9.17) is 23.2 Å². The second-order valence-corrected chi connectivity index (χ2v) is 4.35. The molecular weight excluding hydrogens is 259 g/mol. The van der Waals surface area contributed by atoms with Crippen LogP contribution in [0.15, 0.2) is 23.3 Å². The smallest absolute Gasteiger partial charge is 0.240 e. The Bertz CT molecular complexity index is 399. The molecule has 1 N–H and O–H groups in total. The Labute approximate surface area is 111 Å². The lowest BCUT2D eigenvalue weighted by Gasteiger charge is -2.01. The molecule has 1 rings (SSSR count). The summed E-state index contributed by atoms with van der Waals surface area (Å²) < 4.78 is 0. The van der Waals surface area contributed by atoms with Crippen molar-refractivity contribution in [3.8, 4) is 0 Å². The lowest BCUT2D eigenvalue weighted by atomic mass is 10.2. The Hall–Kier alpha value is -1.06. The van der Waals surface area contributed by atoms with Gasteiger partial charge in [-0.2, -0.15) is 5.10 Å². The fourth-order valence-electron chi connectivity index (χ4n) is 1.20. The highest BCUT2D eigenvalue weighted by Gasteiger charge is 2.02. The van der Waals surface area contributed by atoms with Gasteiger partial charge in [0.2, 0.25) is 5.91 Å². The fraction of sp³-hybridized carbons (Fsp3) is 0.333. The molecule has 1 amide bonds. The number of unbranched alkanes of at least 4 members (excludes halogenated alkanes) is 1. The van der Waals surface area contributed by atoms with E-state index in [9.17, 15) is 4.79 Å². The van der Waals surface area contributed by atoms with Gasteiger partial charge in [-0.15, -0.1) is 0 Å². The van der Waals surface area contributed by atoms with Gasteiger partial charge in [0, 0.05) is 12.0 Å². The lowest BCUT2D eigenvalue weighted by Crippen LogP contribution is -2.16. The van der Waals surface area contributed by atoms with Gasteiger partial charge in [-0.25, -0.2) is 5.43 Å². The number of carbonyl (C=O) groups is 1. The first kappa shape index (κ1) is 14.0. The molecule has 0 aliphatic rings. The first-order valence-electron chi connectivity index (χ1n) is 5.41. The zero-order chi connectivity index (χ0) is 12.7. The first-order valence-corrected chi connectivity index (χ1v) is 6.16. The number of nitrogens with one attached hydrogen (secondary N) is 1. The van der Waals surface area contributed by atoms with Crippen molar-refractivity contribution in [3.05, 3.63) is 33.8 Å². The predicted molar refractivity (Wildman–Crippen MR) is 71.7 cm³/mol. The number of hydrazone groups is 1. The second-order valence-electron chi connectivity index (χ2n) is 3.53. The molecule has 0 aromatic heterocycles. The fourth-order valence-corrected chi connectivity index (χ4v) is 1.69. The highest BCUT2D eigenvalue weighted by molar-refractivity contribution is 6.38. The summed E-state index contributed by atoms with van der Waals surface area (Å²) in [6, 6.07) is 5.18. The Morgan fingerprint density at radius 3 is 2.65 bits per heavy atom. The van der Waals surface area contributed by atoms with Crippen LogP contribution in [0, 0.1) is 0 Å². The van der Waals surface area contributed by atoms with Gasteiger partial charge < -0.3 is 0 Å². The molecule has 0 saturated carbocycles. The molecular formula is C12H14Cl2N2O. The largest absolute Gasteiger partial charge is 0.273 e. The molecule has 1 aromatic carbocycles. The van der Waals surface area contributed by atoms with Gasteiger partial charge in [0.25, 0.3) is 0 Å². The van der Waals surface area contributed by atoms with Crippen LogP contribution in [-0.4, -0.2) is 12.1 Å². The summed E-state index contributed by atoms with van der Waals surface area (Å²) >= 11 is 11.9. The number of carbonyl (C=O) groups excluding carboxylic acids is 1. The summed E-state index contributed by atoms with van der Waals surface area (Å²) in [6.45, 7) is 2.03. The van der Waals surface area contributed by atoms with E-state index >= 15 is 0 Å². The molecule has 0 heterocycles. The normalized spacial score (nSPS) is 10.8. The van der Waals surface area contributed by atoms with Crippen LogP contribution in [0.5, 0.6) is 0 Å². The average Bonchev–Trinajstić information content (AvgIpc) is 2.30. The van der Waals surface area contributed by atoms with Crippen molar-refractivity contribution >= 4 is 35.3 Å². The van der Waals surface area contributed by atoms with Gasteiger partial charge in [0.15, 0.2) is 0 Å². The lowest BCUT2D eigenvalue weighted by molar-refractivity contribution is -0.121. The average molecular weight is 273 g/mol. The molecule has 0 saturated heterocycles. The molecule has 0 aliphatic heterocycles. The number of hydrogen-bond donors (Lipinski definition) is 1. The third kappa shape index (κ3) is 4.75. The van der Waals surface area contributed by atoms with E-state index in [1.165, 1.54) is 6.21 Å². The summed E-state index contributed by atoms with van der Waals surface area (Å²) in [5.74, 6) is -0.105. The van der Waals surface area contributed by atoms with Crippen LogP contribution in [0.2, 0.25) is 10.0 Å². The van der Waals surface area contributed by atoms with Gasteiger partial charge in [0.05, 0.1) is 16.3 Å². The third-order valence-electron chi connectivity index (χ3n) is 2.14. The van der Waals surface area contributed by atoms with Gasteiger partial charge in [-0.3, -0.25) is 4.79 Å². The maximum atomic E-state index is 11.3. The van der Waals surface area contributed by atoms with Crippen molar-refractivity contribution in [2.75, 3.05) is 0 Å². The highest BCUT2D eigenvalue weighted by Crippen LogP contribution is 2.21. The molecule has 17 heavy (non-hydrogen) atoms. The van der Waals surface area contributed by atoms with E-state index in [2.05, 4.69) is 10.5 Å². The van der Waals surface area contributed by atoms with Crippen LogP contribution < -0.4 is 5.43 Å². The quantitative estimate of drug-likeness (QED) is 0.646. The van der Waals surface area contributed by atoms with Crippen LogP contribution in [0.3, 0.4) is 0 Å². The minimum absolute atomic E-state index is 0.105. The van der Waals surface area contributed by atoms with Crippen molar-refractivity contribution in [1.82, 2.24) is 5.43 Å². The SMILES string of the molecule is CCCCC(=O)N/N=C\c1c(Cl)cccc1Cl. The summed E-state index contributed by atoms with van der Waals surface area (Å²) in [7, 11) is 0. The third-order valence-corrected chi connectivity index (χ3v) is 2.80. The van der Waals surface area contributed by atoms with Crippen molar-refractivity contribution in [1.29, 1.82) is 0 Å². The van der Waals surface area contributed by atoms with E-state index in [1.54, 1.807) is 18.2 Å². The highest BCUT2D eigenvalue weighted by atomic mass is 35.5. The molecule has 92 valence electrons. The van der Waals surface area contributed by atoms with Gasteiger partial charge in [0.1, 0.15) is 0 Å². The zero-order valence-electron chi connectivity index (χ0n) is 9.54. The van der Waals surface area contributed by atoms with Gasteiger partial charge >= 0.3 is 0 Å². The van der Waals surface area contributed by atoms with Crippen molar-refractivity contribution in [2.45, 2.75) is 26.2 Å². The Balaban J connectivity index is 2.56. The predicted octanol–water partition coefficient (Wildman–Crippen LogP) is 3.63. The van der Waals surface area contributed by atoms with Gasteiger partial charge in [-0.05, 0) is 18.6 Å². The number of halogens is 2. The first-order chi connectivity index (χ1) is 8.15. The van der Waals surface area contributed by atoms with Crippen LogP contribution >= 0.6 is 23.2 Å². The monoisotopic (exact) mass is 272 g/mol. The summed E-state index contributed by atoms with van der Waals surface area (Å²) in [6.07, 6.45) is 3.76. The summed E-state index contributed by atoms with van der Waals surface area (Å²) in [5, 5.41) is 4.83. The molecule has 0 aliphatic carbocycles. The topological polar surface area (TPSA) is 41.5 Å². The Morgan fingerprint density at radius 2 is 2.06 bits per heavy atom. The minimum atomic E-state index is -0.105. The van der Waals surface area contributed by atoms with Crippen LogP contribution in [0.25, 0.3) is 0 Å². The number of benzene rings is 1. The molecule has 0 atom stereocenters. The minimum Gasteiger partial charge on any atom is -0.273 e. The molecule has 0 unspecified atom stereocenters. The van der Waals surface area contributed by atoms with Gasteiger partial charge in [-0.1, -0.05) is 42.6 Å². The molecule has 1 aromatic rings. The van der Waals surface area contributed by atoms with Crippen LogP contribution in [-0.2, 0) is 4.79 Å². The molecule has 0 bridgehead atoms. The van der Waals surface area contributed by atoms with E-state index in [0.717, 1.165) is 12.8 Å². The van der Waals surface area contributed by atoms with E-state index < -0.39 is 0 Å². The maximum Gasteiger partial charge on any atom is 0.240 e. The number of rotatable bonds is 5. The molecule has 5 heteroatoms. The molecule has 0 fully saturated rings. The van der Waals surface area contributed by atoms with E-state index in [1.807, 2.05) is 6.92 Å². The van der Waals surface area contributed by atoms with E-state index in [0.29, 0.717) is 22.0 Å². The summed E-state index contributed by atoms with van der Waals surface area (Å²) in [5.41, 5.74) is 3.04. The molecule has 0 spiro atoms. The van der Waals surface area contributed by atoms with Crippen LogP contribution in [0.1, 0.15) is 31.7 Å². The van der Waals surface area contributed by atoms with Crippen molar-refractivity contribution in [2.24, 2.45) is 5.10 Å². The number of hydrogen-bond acceptors (Lipinski definition) is 2. The Morgan fingerprint density at radius 1 is 1.41 bits per heavy atom. The zero-order valence-corrected chi connectivity index (χ0v) is 11.1. The van der Waals surface area contributed by atoms with E-state index in [-0.39, 0.29) is 5.91 Å². The number of nitrogens with zero attached hydrogens (tertiary/aromatic N) is 1. The van der Waals surface area contributed by atoms with Crippen molar-refractivity contribution in [3.63, 3.8) is 0 Å². The number of amides is 1. The van der Waals surface area contributed by atoms with Crippen LogP contribution in [0.4, 0.5) is 0 Å². The Kier molecular flexibility index (Phi) is 6.01. The molecule has 0 radical (unpaired) electrons.